The van der Waals surface area contributed by atoms with Gasteiger partial charge in [0.25, 0.3) is 0 Å². The molecule has 1 saturated heterocycles. The number of para-hydroxylation sites is 1. The van der Waals surface area contributed by atoms with Gasteiger partial charge in [-0.15, -0.1) is 0 Å². The summed E-state index contributed by atoms with van der Waals surface area (Å²) >= 11 is 0. The van der Waals surface area contributed by atoms with Crippen molar-refractivity contribution >= 4 is 5.97 Å². The molecule has 1 heterocycles. The van der Waals surface area contributed by atoms with Gasteiger partial charge in [-0.3, -0.25) is 4.79 Å². The van der Waals surface area contributed by atoms with Crippen LogP contribution in [0.4, 0.5) is 0 Å². The summed E-state index contributed by atoms with van der Waals surface area (Å²) in [5, 5.41) is 9.78. The highest BCUT2D eigenvalue weighted by atomic mass is 16.5. The Hall–Kier alpha value is -1.55. The minimum Gasteiger partial charge on any atom is -0.496 e. The lowest BCUT2D eigenvalue weighted by Crippen LogP contribution is -2.56. The summed E-state index contributed by atoms with van der Waals surface area (Å²) in [4.78, 5) is 11.9. The van der Waals surface area contributed by atoms with Crippen LogP contribution in [0.2, 0.25) is 0 Å². The van der Waals surface area contributed by atoms with Gasteiger partial charge in [-0.05, 0) is 37.2 Å². The van der Waals surface area contributed by atoms with Gasteiger partial charge in [0.1, 0.15) is 5.75 Å². The summed E-state index contributed by atoms with van der Waals surface area (Å²) in [7, 11) is 1.59. The molecule has 1 aromatic carbocycles. The van der Waals surface area contributed by atoms with Gasteiger partial charge in [-0.1, -0.05) is 18.2 Å². The van der Waals surface area contributed by atoms with Gasteiger partial charge >= 0.3 is 5.97 Å². The maximum Gasteiger partial charge on any atom is 0.314 e. The summed E-state index contributed by atoms with van der Waals surface area (Å²) < 4.78 is 10.8. The lowest BCUT2D eigenvalue weighted by Gasteiger charge is -2.56. The fourth-order valence-corrected chi connectivity index (χ4v) is 3.88. The van der Waals surface area contributed by atoms with Crippen molar-refractivity contribution in [3.05, 3.63) is 29.8 Å². The van der Waals surface area contributed by atoms with Crippen molar-refractivity contribution in [1.82, 2.24) is 0 Å². The molecular formula is C16H20O4. The molecule has 1 aliphatic carbocycles. The molecule has 3 rings (SSSR count). The van der Waals surface area contributed by atoms with Crippen LogP contribution in [0.15, 0.2) is 24.3 Å². The van der Waals surface area contributed by atoms with Crippen LogP contribution in [0.5, 0.6) is 5.75 Å². The van der Waals surface area contributed by atoms with Crippen LogP contribution in [0.3, 0.4) is 0 Å². The van der Waals surface area contributed by atoms with Crippen molar-refractivity contribution in [1.29, 1.82) is 0 Å². The zero-order chi connectivity index (χ0) is 14.2. The van der Waals surface area contributed by atoms with Gasteiger partial charge in [0, 0.05) is 18.8 Å². The Labute approximate surface area is 118 Å². The highest BCUT2D eigenvalue weighted by Gasteiger charge is 2.60. The van der Waals surface area contributed by atoms with E-state index in [2.05, 4.69) is 0 Å². The van der Waals surface area contributed by atoms with E-state index in [-0.39, 0.29) is 5.41 Å². The fourth-order valence-electron chi connectivity index (χ4n) is 3.88. The highest BCUT2D eigenvalue weighted by molar-refractivity contribution is 5.84. The molecule has 0 bridgehead atoms. The molecule has 1 N–H and O–H groups in total. The lowest BCUT2D eigenvalue weighted by atomic mass is 9.48. The molecule has 0 amide bonds. The van der Waals surface area contributed by atoms with Crippen LogP contribution in [0.1, 0.15) is 31.2 Å². The first kappa shape index (κ1) is 13.4. The van der Waals surface area contributed by atoms with Crippen molar-refractivity contribution in [3.8, 4) is 5.75 Å². The van der Waals surface area contributed by atoms with E-state index in [1.54, 1.807) is 7.11 Å². The molecule has 4 nitrogen and oxygen atoms in total. The molecule has 20 heavy (non-hydrogen) atoms. The van der Waals surface area contributed by atoms with Crippen LogP contribution in [-0.2, 0) is 14.9 Å². The van der Waals surface area contributed by atoms with Gasteiger partial charge in [-0.2, -0.15) is 0 Å². The Balaban J connectivity index is 1.93. The third-order valence-electron chi connectivity index (χ3n) is 4.94. The van der Waals surface area contributed by atoms with E-state index < -0.39 is 11.4 Å². The molecule has 2 fully saturated rings. The molecule has 4 heteroatoms. The Morgan fingerprint density at radius 1 is 1.25 bits per heavy atom. The van der Waals surface area contributed by atoms with Crippen LogP contribution in [-0.4, -0.2) is 31.4 Å². The van der Waals surface area contributed by atoms with Crippen LogP contribution < -0.4 is 4.74 Å². The first-order valence-corrected chi connectivity index (χ1v) is 7.07. The molecule has 1 saturated carbocycles. The minimum atomic E-state index is -0.788. The summed E-state index contributed by atoms with van der Waals surface area (Å²) in [5.41, 5.74) is 0.175. The second-order valence-corrected chi connectivity index (χ2v) is 6.05. The summed E-state index contributed by atoms with van der Waals surface area (Å²) in [6.45, 7) is 1.50. The average Bonchev–Trinajstić information content (AvgIpc) is 2.45. The first-order valence-electron chi connectivity index (χ1n) is 7.07. The van der Waals surface area contributed by atoms with Crippen molar-refractivity contribution in [3.63, 3.8) is 0 Å². The highest BCUT2D eigenvalue weighted by Crippen LogP contribution is 2.61. The van der Waals surface area contributed by atoms with Crippen molar-refractivity contribution in [2.75, 3.05) is 20.3 Å². The smallest absolute Gasteiger partial charge is 0.314 e. The normalized spacial score (nSPS) is 23.1. The van der Waals surface area contributed by atoms with Crippen molar-refractivity contribution in [2.45, 2.75) is 31.1 Å². The molecule has 0 aromatic heterocycles. The number of benzene rings is 1. The molecule has 1 spiro atoms. The summed E-state index contributed by atoms with van der Waals surface area (Å²) in [5.74, 6) is -0.0593. The van der Waals surface area contributed by atoms with Gasteiger partial charge < -0.3 is 14.6 Å². The van der Waals surface area contributed by atoms with Gasteiger partial charge in [0.05, 0.1) is 12.5 Å². The topological polar surface area (TPSA) is 55.8 Å². The van der Waals surface area contributed by atoms with Crippen molar-refractivity contribution < 1.29 is 19.4 Å². The zero-order valence-corrected chi connectivity index (χ0v) is 11.7. The number of ether oxygens (including phenoxy) is 2. The molecule has 0 unspecified atom stereocenters. The molecule has 2 aliphatic rings. The maximum atomic E-state index is 11.9. The fraction of sp³-hybridized carbons (Fsp3) is 0.562. The number of carbonyl (C=O) groups is 1. The Morgan fingerprint density at radius 2 is 1.90 bits per heavy atom. The molecule has 0 atom stereocenters. The maximum absolute atomic E-state index is 11.9. The predicted molar refractivity (Wildman–Crippen MR) is 74.0 cm³/mol. The van der Waals surface area contributed by atoms with Gasteiger partial charge in [0.2, 0.25) is 0 Å². The average molecular weight is 276 g/mol. The molecule has 108 valence electrons. The van der Waals surface area contributed by atoms with Crippen LogP contribution in [0, 0.1) is 5.41 Å². The van der Waals surface area contributed by atoms with Crippen LogP contribution >= 0.6 is 0 Å². The SMILES string of the molecule is COc1ccccc1C1(C(=O)O)CC2(CCOCC2)C1. The second kappa shape index (κ2) is 4.77. The number of carboxylic acids is 1. The first-order chi connectivity index (χ1) is 9.62. The van der Waals surface area contributed by atoms with Gasteiger partial charge in [0.15, 0.2) is 0 Å². The van der Waals surface area contributed by atoms with E-state index >= 15 is 0 Å². The Morgan fingerprint density at radius 3 is 2.50 bits per heavy atom. The van der Waals surface area contributed by atoms with Gasteiger partial charge in [-0.25, -0.2) is 0 Å². The Bertz CT molecular complexity index is 509. The third-order valence-corrected chi connectivity index (χ3v) is 4.94. The second-order valence-electron chi connectivity index (χ2n) is 6.05. The lowest BCUT2D eigenvalue weighted by molar-refractivity contribution is -0.160. The van der Waals surface area contributed by atoms with E-state index in [0.717, 1.165) is 31.6 Å². The van der Waals surface area contributed by atoms with E-state index in [1.807, 2.05) is 24.3 Å². The Kier molecular flexibility index (Phi) is 3.21. The number of rotatable bonds is 3. The number of hydrogen-bond acceptors (Lipinski definition) is 3. The number of carboxylic acid groups (broad SMARTS) is 1. The molecule has 0 radical (unpaired) electrons. The molecule has 1 aliphatic heterocycles. The van der Waals surface area contributed by atoms with E-state index in [9.17, 15) is 9.90 Å². The van der Waals surface area contributed by atoms with Crippen molar-refractivity contribution in [2.24, 2.45) is 5.41 Å². The van der Waals surface area contributed by atoms with E-state index in [4.69, 9.17) is 9.47 Å². The van der Waals surface area contributed by atoms with Crippen LogP contribution in [0.25, 0.3) is 0 Å². The quantitative estimate of drug-likeness (QED) is 0.922. The van der Waals surface area contributed by atoms with E-state index in [0.29, 0.717) is 18.6 Å². The zero-order valence-electron chi connectivity index (χ0n) is 11.7. The number of methoxy groups -OCH3 is 1. The molecule has 1 aromatic rings. The summed E-state index contributed by atoms with van der Waals surface area (Å²) in [6, 6.07) is 7.49. The monoisotopic (exact) mass is 276 g/mol. The third kappa shape index (κ3) is 1.90. The minimum absolute atomic E-state index is 0.150. The number of hydrogen-bond donors (Lipinski definition) is 1. The number of aliphatic carboxylic acids is 1. The molecular weight excluding hydrogens is 256 g/mol. The predicted octanol–water partition coefficient (Wildman–Crippen LogP) is 2.61. The largest absolute Gasteiger partial charge is 0.496 e. The standard InChI is InChI=1S/C16H20O4/c1-19-13-5-3-2-4-12(13)16(14(17)18)10-15(11-16)6-8-20-9-7-15/h2-5H,6-11H2,1H3,(H,17,18). The van der Waals surface area contributed by atoms with E-state index in [1.165, 1.54) is 0 Å². The summed E-state index contributed by atoms with van der Waals surface area (Å²) in [6.07, 6.45) is 3.33.